The van der Waals surface area contributed by atoms with Crippen molar-refractivity contribution in [3.63, 3.8) is 0 Å². The minimum atomic E-state index is -3.83. The van der Waals surface area contributed by atoms with Crippen molar-refractivity contribution >= 4 is 16.0 Å². The number of ether oxygens (including phenoxy) is 1. The molecule has 0 aromatic heterocycles. The molecule has 0 aliphatic carbocycles. The predicted molar refractivity (Wildman–Crippen MR) is 76.1 cm³/mol. The second-order valence-electron chi connectivity index (χ2n) is 5.05. The van der Waals surface area contributed by atoms with E-state index in [4.69, 9.17) is 4.74 Å². The Kier molecular flexibility index (Phi) is 4.65. The summed E-state index contributed by atoms with van der Waals surface area (Å²) in [4.78, 5) is 12.0. The molecule has 1 aromatic carbocycles. The van der Waals surface area contributed by atoms with E-state index < -0.39 is 28.1 Å². The van der Waals surface area contributed by atoms with Crippen LogP contribution in [0.2, 0.25) is 0 Å². The van der Waals surface area contributed by atoms with Crippen molar-refractivity contribution < 1.29 is 23.1 Å². The van der Waals surface area contributed by atoms with Crippen LogP contribution >= 0.6 is 0 Å². The number of sulfonamides is 1. The zero-order chi connectivity index (χ0) is 15.6. The van der Waals surface area contributed by atoms with Crippen LogP contribution in [0.4, 0.5) is 0 Å². The molecule has 0 amide bonds. The van der Waals surface area contributed by atoms with E-state index in [1.165, 1.54) is 12.1 Å². The van der Waals surface area contributed by atoms with Crippen LogP contribution in [0.3, 0.4) is 0 Å². The Labute approximate surface area is 124 Å². The first-order valence-electron chi connectivity index (χ1n) is 6.79. The Morgan fingerprint density at radius 2 is 2.00 bits per heavy atom. The monoisotopic (exact) mass is 313 g/mol. The Hall–Kier alpha value is -1.44. The van der Waals surface area contributed by atoms with Crippen molar-refractivity contribution in [1.29, 1.82) is 0 Å². The normalized spacial score (nSPS) is 23.2. The molecule has 2 atom stereocenters. The largest absolute Gasteiger partial charge is 0.465 e. The van der Waals surface area contributed by atoms with Gasteiger partial charge in [0, 0.05) is 13.0 Å². The third-order valence-corrected chi connectivity index (χ3v) is 5.31. The lowest BCUT2D eigenvalue weighted by Crippen LogP contribution is -2.41. The minimum absolute atomic E-state index is 0.0594. The number of carbonyl (C=O) groups excluding carboxylic acids is 1. The number of nitrogens with zero attached hydrogens (tertiary/aromatic N) is 1. The average molecular weight is 313 g/mol. The molecule has 116 valence electrons. The highest BCUT2D eigenvalue weighted by Crippen LogP contribution is 2.27. The Balaban J connectivity index is 2.33. The quantitative estimate of drug-likeness (QED) is 0.827. The van der Waals surface area contributed by atoms with Gasteiger partial charge < -0.3 is 9.84 Å². The lowest BCUT2D eigenvalue weighted by atomic mass is 10.2. The van der Waals surface area contributed by atoms with Gasteiger partial charge in [-0.15, -0.1) is 0 Å². The van der Waals surface area contributed by atoms with Crippen molar-refractivity contribution in [2.75, 3.05) is 13.2 Å². The van der Waals surface area contributed by atoms with Crippen molar-refractivity contribution in [1.82, 2.24) is 4.31 Å². The van der Waals surface area contributed by atoms with Crippen LogP contribution in [-0.2, 0) is 19.6 Å². The molecule has 21 heavy (non-hydrogen) atoms. The number of aryl methyl sites for hydroxylation is 1. The summed E-state index contributed by atoms with van der Waals surface area (Å²) in [6.07, 6.45) is -0.802. The molecular weight excluding hydrogens is 294 g/mol. The summed E-state index contributed by atoms with van der Waals surface area (Å²) in [5, 5.41) is 9.73. The lowest BCUT2D eigenvalue weighted by molar-refractivity contribution is -0.147. The molecule has 0 saturated carbocycles. The molecule has 6 nitrogen and oxygen atoms in total. The van der Waals surface area contributed by atoms with Crippen LogP contribution in [0, 0.1) is 6.92 Å². The Morgan fingerprint density at radius 3 is 2.57 bits per heavy atom. The summed E-state index contributed by atoms with van der Waals surface area (Å²) in [6, 6.07) is 5.42. The Bertz CT molecular complexity index is 611. The first-order valence-corrected chi connectivity index (χ1v) is 8.23. The number of hydrogen-bond acceptors (Lipinski definition) is 5. The molecule has 1 fully saturated rings. The topological polar surface area (TPSA) is 83.9 Å². The highest BCUT2D eigenvalue weighted by atomic mass is 32.2. The van der Waals surface area contributed by atoms with E-state index in [0.717, 1.165) is 9.87 Å². The third kappa shape index (κ3) is 3.25. The van der Waals surface area contributed by atoms with Gasteiger partial charge in [-0.3, -0.25) is 4.79 Å². The fourth-order valence-corrected chi connectivity index (χ4v) is 3.97. The molecule has 0 bridgehead atoms. The minimum Gasteiger partial charge on any atom is -0.465 e. The van der Waals surface area contributed by atoms with E-state index in [1.54, 1.807) is 19.1 Å². The van der Waals surface area contributed by atoms with Gasteiger partial charge in [0.1, 0.15) is 6.04 Å². The summed E-state index contributed by atoms with van der Waals surface area (Å²) >= 11 is 0. The highest BCUT2D eigenvalue weighted by molar-refractivity contribution is 7.89. The number of esters is 1. The predicted octanol–water partition coefficient (Wildman–Crippen LogP) is 0.682. The second kappa shape index (κ2) is 6.13. The van der Waals surface area contributed by atoms with Gasteiger partial charge in [-0.05, 0) is 26.0 Å². The fraction of sp³-hybridized carbons (Fsp3) is 0.500. The summed E-state index contributed by atoms with van der Waals surface area (Å²) in [6.45, 7) is 3.59. The molecule has 1 saturated heterocycles. The standard InChI is InChI=1S/C14H19NO5S/c1-3-20-14(17)13-8-11(16)9-15(13)21(18,19)12-6-4-10(2)5-7-12/h4-7,11,13,16H,3,8-9H2,1-2H3/t11-,13+/m1/s1. The first kappa shape index (κ1) is 15.9. The number of β-amino-alcohol motifs (C(OH)–C–C–N with tert-alkyl or cyclic N) is 1. The average Bonchev–Trinajstić information content (AvgIpc) is 2.82. The van der Waals surface area contributed by atoms with Gasteiger partial charge in [-0.2, -0.15) is 4.31 Å². The van der Waals surface area contributed by atoms with Crippen molar-refractivity contribution in [3.8, 4) is 0 Å². The van der Waals surface area contributed by atoms with Crippen LogP contribution in [0.1, 0.15) is 18.9 Å². The van der Waals surface area contributed by atoms with Crippen molar-refractivity contribution in [3.05, 3.63) is 29.8 Å². The van der Waals surface area contributed by atoms with Crippen LogP contribution in [0.5, 0.6) is 0 Å². The summed E-state index contributed by atoms with van der Waals surface area (Å²) in [5.41, 5.74) is 0.942. The molecule has 2 rings (SSSR count). The first-order chi connectivity index (χ1) is 9.86. The van der Waals surface area contributed by atoms with E-state index >= 15 is 0 Å². The Morgan fingerprint density at radius 1 is 1.38 bits per heavy atom. The van der Waals surface area contributed by atoms with E-state index in [0.29, 0.717) is 0 Å². The van der Waals surface area contributed by atoms with Gasteiger partial charge in [0.15, 0.2) is 0 Å². The van der Waals surface area contributed by atoms with Crippen LogP contribution < -0.4 is 0 Å². The van der Waals surface area contributed by atoms with Crippen molar-refractivity contribution in [2.45, 2.75) is 37.3 Å². The molecule has 0 radical (unpaired) electrons. The van der Waals surface area contributed by atoms with Gasteiger partial charge in [0.25, 0.3) is 0 Å². The zero-order valence-corrected chi connectivity index (χ0v) is 12.8. The highest BCUT2D eigenvalue weighted by Gasteiger charge is 2.44. The number of aliphatic hydroxyl groups excluding tert-OH is 1. The van der Waals surface area contributed by atoms with E-state index in [9.17, 15) is 18.3 Å². The van der Waals surface area contributed by atoms with Gasteiger partial charge >= 0.3 is 5.97 Å². The number of aliphatic hydroxyl groups is 1. The molecular formula is C14H19NO5S. The maximum atomic E-state index is 12.6. The maximum Gasteiger partial charge on any atom is 0.324 e. The molecule has 1 aromatic rings. The van der Waals surface area contributed by atoms with E-state index in [2.05, 4.69) is 0 Å². The second-order valence-corrected chi connectivity index (χ2v) is 6.94. The summed E-state index contributed by atoms with van der Waals surface area (Å²) in [5.74, 6) is -0.621. The SMILES string of the molecule is CCOC(=O)[C@@H]1C[C@@H](O)CN1S(=O)(=O)c1ccc(C)cc1. The number of hydrogen-bond donors (Lipinski definition) is 1. The third-order valence-electron chi connectivity index (χ3n) is 3.42. The molecule has 0 spiro atoms. The van der Waals surface area contributed by atoms with Crippen LogP contribution in [-0.4, -0.2) is 49.1 Å². The summed E-state index contributed by atoms with van der Waals surface area (Å²) in [7, 11) is -3.83. The number of benzene rings is 1. The fourth-order valence-electron chi connectivity index (χ4n) is 2.35. The molecule has 7 heteroatoms. The van der Waals surface area contributed by atoms with E-state index in [-0.39, 0.29) is 24.5 Å². The lowest BCUT2D eigenvalue weighted by Gasteiger charge is -2.22. The van der Waals surface area contributed by atoms with Crippen LogP contribution in [0.25, 0.3) is 0 Å². The van der Waals surface area contributed by atoms with Crippen molar-refractivity contribution in [2.24, 2.45) is 0 Å². The molecule has 1 heterocycles. The smallest absolute Gasteiger partial charge is 0.324 e. The maximum absolute atomic E-state index is 12.6. The zero-order valence-electron chi connectivity index (χ0n) is 12.0. The van der Waals surface area contributed by atoms with E-state index in [1.807, 2.05) is 6.92 Å². The van der Waals surface area contributed by atoms with Gasteiger partial charge in [-0.1, -0.05) is 17.7 Å². The van der Waals surface area contributed by atoms with Gasteiger partial charge in [0.2, 0.25) is 10.0 Å². The molecule has 1 N–H and O–H groups in total. The van der Waals surface area contributed by atoms with Gasteiger partial charge in [0.05, 0.1) is 17.6 Å². The molecule has 0 unspecified atom stereocenters. The van der Waals surface area contributed by atoms with Crippen LogP contribution in [0.15, 0.2) is 29.2 Å². The molecule has 1 aliphatic rings. The number of carbonyl (C=O) groups is 1. The van der Waals surface area contributed by atoms with Gasteiger partial charge in [-0.25, -0.2) is 8.42 Å². The summed E-state index contributed by atoms with van der Waals surface area (Å²) < 4.78 is 31.2. The molecule has 1 aliphatic heterocycles. The number of rotatable bonds is 4.